The van der Waals surface area contributed by atoms with Gasteiger partial charge in [-0.3, -0.25) is 4.90 Å². The lowest BCUT2D eigenvalue weighted by atomic mass is 9.80. The zero-order valence-electron chi connectivity index (χ0n) is 11.6. The molecule has 2 aliphatic heterocycles. The number of cyclic esters (lactones) is 1. The lowest BCUT2D eigenvalue weighted by Gasteiger charge is -2.41. The fraction of sp³-hybridized carbons (Fsp3) is 0.533. The number of anilines is 1. The second kappa shape index (κ2) is 4.98. The molecule has 5 nitrogen and oxygen atoms in total. The Morgan fingerprint density at radius 3 is 3.05 bits per heavy atom. The van der Waals surface area contributed by atoms with Gasteiger partial charge in [-0.05, 0) is 44.4 Å². The highest BCUT2D eigenvalue weighted by atomic mass is 16.6. The average molecular weight is 276 g/mol. The molecule has 0 spiro atoms. The summed E-state index contributed by atoms with van der Waals surface area (Å²) in [6.07, 6.45) is 1.86. The van der Waals surface area contributed by atoms with Crippen LogP contribution >= 0.6 is 0 Å². The van der Waals surface area contributed by atoms with Crippen molar-refractivity contribution in [3.63, 3.8) is 0 Å². The summed E-state index contributed by atoms with van der Waals surface area (Å²) in [5.41, 5.74) is 0.332. The summed E-state index contributed by atoms with van der Waals surface area (Å²) < 4.78 is 5.31. The quantitative estimate of drug-likeness (QED) is 0.868. The van der Waals surface area contributed by atoms with Gasteiger partial charge in [-0.2, -0.15) is 0 Å². The number of phenolic OH excluding ortho intramolecular Hbond substituents is 1. The number of nitrogens with zero attached hydrogens (tertiary/aromatic N) is 1. The van der Waals surface area contributed by atoms with E-state index in [1.165, 1.54) is 0 Å². The van der Waals surface area contributed by atoms with Crippen molar-refractivity contribution in [2.45, 2.75) is 25.3 Å². The molecule has 1 amide bonds. The van der Waals surface area contributed by atoms with E-state index in [0.29, 0.717) is 18.2 Å². The second-order valence-electron chi connectivity index (χ2n) is 5.81. The summed E-state index contributed by atoms with van der Waals surface area (Å²) in [4.78, 5) is 13.8. The largest absolute Gasteiger partial charge is 0.508 e. The smallest absolute Gasteiger partial charge is 0.415 e. The van der Waals surface area contributed by atoms with Crippen LogP contribution < -0.4 is 10.2 Å². The number of benzene rings is 1. The van der Waals surface area contributed by atoms with E-state index in [-0.39, 0.29) is 17.4 Å². The molecule has 2 aliphatic rings. The Labute approximate surface area is 118 Å². The van der Waals surface area contributed by atoms with Gasteiger partial charge in [0.1, 0.15) is 12.4 Å². The minimum Gasteiger partial charge on any atom is -0.508 e. The van der Waals surface area contributed by atoms with Gasteiger partial charge in [0.15, 0.2) is 0 Å². The van der Waals surface area contributed by atoms with E-state index in [9.17, 15) is 9.90 Å². The van der Waals surface area contributed by atoms with Crippen LogP contribution in [0.3, 0.4) is 0 Å². The standard InChI is InChI=1S/C15H20N2O3/c1-15(11-4-3-7-16-9-11)10-20-14(19)17(15)12-5-2-6-13(18)8-12/h2,5-6,8,11,16,18H,3-4,7,9-10H2,1H3. The molecule has 0 aliphatic carbocycles. The molecule has 20 heavy (non-hydrogen) atoms. The fourth-order valence-electron chi connectivity index (χ4n) is 3.26. The molecule has 0 radical (unpaired) electrons. The van der Waals surface area contributed by atoms with E-state index >= 15 is 0 Å². The Balaban J connectivity index is 1.95. The van der Waals surface area contributed by atoms with Crippen LogP contribution in [0.2, 0.25) is 0 Å². The molecule has 1 aromatic rings. The minimum absolute atomic E-state index is 0.159. The molecule has 3 rings (SSSR count). The van der Waals surface area contributed by atoms with E-state index in [4.69, 9.17) is 4.74 Å². The average Bonchev–Trinajstić information content (AvgIpc) is 2.77. The molecular formula is C15H20N2O3. The van der Waals surface area contributed by atoms with E-state index < -0.39 is 0 Å². The number of amides is 1. The number of carbonyl (C=O) groups is 1. The molecule has 2 N–H and O–H groups in total. The van der Waals surface area contributed by atoms with E-state index in [1.54, 1.807) is 23.1 Å². The first-order valence-corrected chi connectivity index (χ1v) is 7.08. The van der Waals surface area contributed by atoms with Gasteiger partial charge in [0, 0.05) is 12.6 Å². The van der Waals surface area contributed by atoms with Crippen LogP contribution in [0.5, 0.6) is 5.75 Å². The minimum atomic E-state index is -0.363. The number of rotatable bonds is 2. The third-order valence-corrected chi connectivity index (χ3v) is 4.45. The molecule has 0 bridgehead atoms. The van der Waals surface area contributed by atoms with Gasteiger partial charge in [-0.25, -0.2) is 4.79 Å². The zero-order chi connectivity index (χ0) is 14.2. The van der Waals surface area contributed by atoms with Gasteiger partial charge in [-0.15, -0.1) is 0 Å². The molecule has 0 saturated carbocycles. The summed E-state index contributed by atoms with van der Waals surface area (Å²) in [6, 6.07) is 6.79. The SMILES string of the molecule is CC1(C2CCCNC2)COC(=O)N1c1cccc(O)c1. The molecule has 1 aromatic carbocycles. The van der Waals surface area contributed by atoms with Crippen molar-refractivity contribution in [3.8, 4) is 5.75 Å². The first kappa shape index (κ1) is 13.2. The number of piperidine rings is 1. The number of hydrogen-bond acceptors (Lipinski definition) is 4. The van der Waals surface area contributed by atoms with Gasteiger partial charge >= 0.3 is 6.09 Å². The third kappa shape index (κ3) is 2.12. The van der Waals surface area contributed by atoms with Crippen molar-refractivity contribution in [1.82, 2.24) is 5.32 Å². The maximum atomic E-state index is 12.1. The Morgan fingerprint density at radius 1 is 1.50 bits per heavy atom. The summed E-state index contributed by atoms with van der Waals surface area (Å²) in [6.45, 7) is 4.39. The van der Waals surface area contributed by atoms with Crippen LogP contribution in [0.25, 0.3) is 0 Å². The number of nitrogens with one attached hydrogen (secondary N) is 1. The van der Waals surface area contributed by atoms with Crippen molar-refractivity contribution in [2.24, 2.45) is 5.92 Å². The summed E-state index contributed by atoms with van der Waals surface area (Å²) in [5.74, 6) is 0.511. The van der Waals surface area contributed by atoms with Crippen LogP contribution in [0.1, 0.15) is 19.8 Å². The fourth-order valence-corrected chi connectivity index (χ4v) is 3.26. The monoisotopic (exact) mass is 276 g/mol. The molecule has 2 saturated heterocycles. The van der Waals surface area contributed by atoms with Crippen LogP contribution in [0.4, 0.5) is 10.5 Å². The van der Waals surface area contributed by atoms with Crippen molar-refractivity contribution >= 4 is 11.8 Å². The Bertz CT molecular complexity index is 514. The number of carbonyl (C=O) groups excluding carboxylic acids is 1. The predicted octanol–water partition coefficient (Wildman–Crippen LogP) is 2.11. The number of hydrogen-bond donors (Lipinski definition) is 2. The Kier molecular flexibility index (Phi) is 3.30. The first-order chi connectivity index (χ1) is 9.61. The van der Waals surface area contributed by atoms with E-state index in [0.717, 1.165) is 25.9 Å². The zero-order valence-corrected chi connectivity index (χ0v) is 11.6. The summed E-state index contributed by atoms with van der Waals surface area (Å²) in [7, 11) is 0. The van der Waals surface area contributed by atoms with Crippen LogP contribution in [-0.4, -0.2) is 36.4 Å². The molecule has 2 unspecified atom stereocenters. The number of ether oxygens (including phenoxy) is 1. The maximum absolute atomic E-state index is 12.1. The van der Waals surface area contributed by atoms with Crippen molar-refractivity contribution in [3.05, 3.63) is 24.3 Å². The maximum Gasteiger partial charge on any atom is 0.415 e. The Morgan fingerprint density at radius 2 is 2.35 bits per heavy atom. The van der Waals surface area contributed by atoms with E-state index in [2.05, 4.69) is 12.2 Å². The van der Waals surface area contributed by atoms with E-state index in [1.807, 2.05) is 6.07 Å². The molecule has 2 fully saturated rings. The molecule has 2 atom stereocenters. The summed E-state index contributed by atoms with van der Waals surface area (Å²) >= 11 is 0. The van der Waals surface area contributed by atoms with Crippen molar-refractivity contribution in [2.75, 3.05) is 24.6 Å². The lowest BCUT2D eigenvalue weighted by Crippen LogP contribution is -2.55. The number of aromatic hydroxyl groups is 1. The molecular weight excluding hydrogens is 256 g/mol. The summed E-state index contributed by atoms with van der Waals surface area (Å²) in [5, 5.41) is 13.0. The van der Waals surface area contributed by atoms with Gasteiger partial charge in [0.05, 0.1) is 11.2 Å². The topological polar surface area (TPSA) is 61.8 Å². The van der Waals surface area contributed by atoms with Gasteiger partial charge in [0.2, 0.25) is 0 Å². The Hall–Kier alpha value is -1.75. The van der Waals surface area contributed by atoms with Gasteiger partial charge in [0.25, 0.3) is 0 Å². The van der Waals surface area contributed by atoms with Gasteiger partial charge in [-0.1, -0.05) is 6.07 Å². The van der Waals surface area contributed by atoms with Crippen LogP contribution in [0, 0.1) is 5.92 Å². The number of phenols is 1. The normalized spacial score (nSPS) is 30.4. The molecule has 108 valence electrons. The molecule has 2 heterocycles. The molecule has 0 aromatic heterocycles. The third-order valence-electron chi connectivity index (χ3n) is 4.45. The lowest BCUT2D eigenvalue weighted by molar-refractivity contribution is 0.157. The highest BCUT2D eigenvalue weighted by molar-refractivity contribution is 5.91. The second-order valence-corrected chi connectivity index (χ2v) is 5.81. The highest BCUT2D eigenvalue weighted by Crippen LogP contribution is 2.39. The van der Waals surface area contributed by atoms with Crippen molar-refractivity contribution in [1.29, 1.82) is 0 Å². The predicted molar refractivity (Wildman–Crippen MR) is 75.9 cm³/mol. The van der Waals surface area contributed by atoms with Crippen molar-refractivity contribution < 1.29 is 14.6 Å². The molecule has 5 heteroatoms. The van der Waals surface area contributed by atoms with Gasteiger partial charge < -0.3 is 15.2 Å². The van der Waals surface area contributed by atoms with Crippen LogP contribution in [-0.2, 0) is 4.74 Å². The highest BCUT2D eigenvalue weighted by Gasteiger charge is 2.49. The van der Waals surface area contributed by atoms with Crippen LogP contribution in [0.15, 0.2) is 24.3 Å². The first-order valence-electron chi connectivity index (χ1n) is 7.08.